The van der Waals surface area contributed by atoms with Crippen LogP contribution >= 0.6 is 0 Å². The zero-order valence-corrected chi connectivity index (χ0v) is 20.4. The van der Waals surface area contributed by atoms with Crippen LogP contribution in [0.4, 0.5) is 5.69 Å². The minimum absolute atomic E-state index is 0.105. The molecule has 1 aliphatic heterocycles. The number of amides is 2. The zero-order chi connectivity index (χ0) is 24.4. The molecule has 0 bridgehead atoms. The van der Waals surface area contributed by atoms with Crippen molar-refractivity contribution in [1.82, 2.24) is 14.9 Å². The van der Waals surface area contributed by atoms with Gasteiger partial charge in [-0.3, -0.25) is 9.59 Å². The maximum absolute atomic E-state index is 13.3. The predicted octanol–water partition coefficient (Wildman–Crippen LogP) is 3.85. The van der Waals surface area contributed by atoms with Gasteiger partial charge in [0.2, 0.25) is 11.8 Å². The summed E-state index contributed by atoms with van der Waals surface area (Å²) in [5, 5.41) is 3.20. The molecule has 34 heavy (non-hydrogen) atoms. The van der Waals surface area contributed by atoms with Crippen molar-refractivity contribution in [3.63, 3.8) is 0 Å². The Morgan fingerprint density at radius 3 is 2.62 bits per heavy atom. The highest BCUT2D eigenvalue weighted by molar-refractivity contribution is 6.01. The molecule has 8 nitrogen and oxygen atoms in total. The number of nitrogens with zero attached hydrogens (tertiary/aromatic N) is 3. The van der Waals surface area contributed by atoms with Gasteiger partial charge in [-0.2, -0.15) is 0 Å². The lowest BCUT2D eigenvalue weighted by atomic mass is 10.0. The van der Waals surface area contributed by atoms with Gasteiger partial charge in [0.15, 0.2) is 0 Å². The summed E-state index contributed by atoms with van der Waals surface area (Å²) in [6, 6.07) is 13.0. The lowest BCUT2D eigenvalue weighted by molar-refractivity contribution is -0.127. The zero-order valence-electron chi connectivity index (χ0n) is 20.4. The molecule has 1 aliphatic rings. The molecule has 0 saturated carbocycles. The van der Waals surface area contributed by atoms with Crippen molar-refractivity contribution in [2.45, 2.75) is 32.7 Å². The number of imidazole rings is 1. The number of aryl methyl sites for hydroxylation is 1. The normalized spacial score (nSPS) is 16.8. The van der Waals surface area contributed by atoms with Crippen molar-refractivity contribution < 1.29 is 19.1 Å². The van der Waals surface area contributed by atoms with E-state index in [0.29, 0.717) is 29.6 Å². The Labute approximate surface area is 199 Å². The lowest BCUT2D eigenvalue weighted by Crippen LogP contribution is -2.37. The standard InChI is InChI=1S/C26H32N4O4/c1-16(2)12-20(25-27-19-8-6-7-9-21(19)29(25)3)28-26(32)17-13-24(31)30(15-17)22-11-10-18(33-4)14-23(22)34-5/h6-11,14,16-17,20H,12-13,15H2,1-5H3,(H,28,32)/t17-,20-/m0/s1. The van der Waals surface area contributed by atoms with Crippen LogP contribution in [0.2, 0.25) is 0 Å². The third-order valence-electron chi connectivity index (χ3n) is 6.33. The molecular weight excluding hydrogens is 432 g/mol. The average molecular weight is 465 g/mol. The first-order valence-electron chi connectivity index (χ1n) is 11.6. The van der Waals surface area contributed by atoms with E-state index < -0.39 is 5.92 Å². The molecule has 8 heteroatoms. The van der Waals surface area contributed by atoms with Crippen LogP contribution in [0, 0.1) is 11.8 Å². The van der Waals surface area contributed by atoms with Crippen molar-refractivity contribution in [3.05, 3.63) is 48.3 Å². The SMILES string of the molecule is COc1ccc(N2C[C@@H](C(=O)N[C@@H](CC(C)C)c3nc4ccccc4n3C)CC2=O)c(OC)c1. The van der Waals surface area contributed by atoms with Crippen molar-refractivity contribution in [2.24, 2.45) is 18.9 Å². The highest BCUT2D eigenvalue weighted by atomic mass is 16.5. The van der Waals surface area contributed by atoms with E-state index in [1.54, 1.807) is 37.3 Å². The molecule has 2 amide bonds. The fraction of sp³-hybridized carbons (Fsp3) is 0.423. The second-order valence-corrected chi connectivity index (χ2v) is 9.15. The molecule has 3 aromatic rings. The summed E-state index contributed by atoms with van der Waals surface area (Å²) in [4.78, 5) is 32.6. The van der Waals surface area contributed by atoms with Crippen molar-refractivity contribution in [2.75, 3.05) is 25.7 Å². The number of ether oxygens (including phenoxy) is 2. The van der Waals surface area contributed by atoms with Gasteiger partial charge in [0.05, 0.1) is 42.9 Å². The minimum Gasteiger partial charge on any atom is -0.497 e. The molecule has 0 spiro atoms. The largest absolute Gasteiger partial charge is 0.497 e. The number of hydrogen-bond donors (Lipinski definition) is 1. The topological polar surface area (TPSA) is 85.7 Å². The number of para-hydroxylation sites is 2. The average Bonchev–Trinajstić information content (AvgIpc) is 3.38. The van der Waals surface area contributed by atoms with E-state index in [1.807, 2.05) is 35.9 Å². The Kier molecular flexibility index (Phi) is 6.77. The number of methoxy groups -OCH3 is 2. The number of carbonyl (C=O) groups is 2. The number of carbonyl (C=O) groups excluding carboxylic acids is 2. The number of aromatic nitrogens is 2. The van der Waals surface area contributed by atoms with Crippen LogP contribution in [0.1, 0.15) is 38.6 Å². The second kappa shape index (κ2) is 9.75. The number of rotatable bonds is 8. The van der Waals surface area contributed by atoms with Gasteiger partial charge in [0, 0.05) is 26.1 Å². The summed E-state index contributed by atoms with van der Waals surface area (Å²) in [5.41, 5.74) is 2.56. The fourth-order valence-corrected chi connectivity index (χ4v) is 4.59. The first kappa shape index (κ1) is 23.6. The van der Waals surface area contributed by atoms with E-state index in [0.717, 1.165) is 23.3 Å². The van der Waals surface area contributed by atoms with E-state index in [4.69, 9.17) is 14.5 Å². The van der Waals surface area contributed by atoms with Crippen molar-refractivity contribution in [1.29, 1.82) is 0 Å². The van der Waals surface area contributed by atoms with Gasteiger partial charge < -0.3 is 24.3 Å². The molecular formula is C26H32N4O4. The number of hydrogen-bond acceptors (Lipinski definition) is 5. The highest BCUT2D eigenvalue weighted by Gasteiger charge is 2.37. The van der Waals surface area contributed by atoms with E-state index >= 15 is 0 Å². The number of anilines is 1. The molecule has 1 aromatic heterocycles. The Balaban J connectivity index is 1.55. The maximum Gasteiger partial charge on any atom is 0.227 e. The summed E-state index contributed by atoms with van der Waals surface area (Å²) in [6.45, 7) is 4.54. The lowest BCUT2D eigenvalue weighted by Gasteiger charge is -2.23. The Morgan fingerprint density at radius 1 is 1.18 bits per heavy atom. The van der Waals surface area contributed by atoms with Gasteiger partial charge >= 0.3 is 0 Å². The predicted molar refractivity (Wildman–Crippen MR) is 131 cm³/mol. The number of nitrogens with one attached hydrogen (secondary N) is 1. The smallest absolute Gasteiger partial charge is 0.227 e. The Hall–Kier alpha value is -3.55. The van der Waals surface area contributed by atoms with E-state index in [1.165, 1.54) is 0 Å². The molecule has 4 rings (SSSR count). The van der Waals surface area contributed by atoms with Gasteiger partial charge in [0.25, 0.3) is 0 Å². The third-order valence-corrected chi connectivity index (χ3v) is 6.33. The second-order valence-electron chi connectivity index (χ2n) is 9.15. The summed E-state index contributed by atoms with van der Waals surface area (Å²) < 4.78 is 12.8. The Morgan fingerprint density at radius 2 is 1.94 bits per heavy atom. The number of fused-ring (bicyclic) bond motifs is 1. The summed E-state index contributed by atoms with van der Waals surface area (Å²) in [7, 11) is 5.10. The quantitative estimate of drug-likeness (QED) is 0.547. The molecule has 2 aromatic carbocycles. The highest BCUT2D eigenvalue weighted by Crippen LogP contribution is 2.36. The third kappa shape index (κ3) is 4.58. The molecule has 180 valence electrons. The molecule has 0 radical (unpaired) electrons. The van der Waals surface area contributed by atoms with E-state index in [9.17, 15) is 9.59 Å². The van der Waals surface area contributed by atoms with Gasteiger partial charge in [-0.05, 0) is 36.6 Å². The molecule has 1 saturated heterocycles. The van der Waals surface area contributed by atoms with Gasteiger partial charge in [-0.25, -0.2) is 4.98 Å². The maximum atomic E-state index is 13.3. The van der Waals surface area contributed by atoms with Crippen molar-refractivity contribution >= 4 is 28.5 Å². The van der Waals surface area contributed by atoms with Gasteiger partial charge in [0.1, 0.15) is 17.3 Å². The Bertz CT molecular complexity index is 1200. The number of benzene rings is 2. The van der Waals surface area contributed by atoms with Crippen LogP contribution in [0.3, 0.4) is 0 Å². The molecule has 0 unspecified atom stereocenters. The van der Waals surface area contributed by atoms with Crippen molar-refractivity contribution in [3.8, 4) is 11.5 Å². The fourth-order valence-electron chi connectivity index (χ4n) is 4.59. The molecule has 2 atom stereocenters. The summed E-state index contributed by atoms with van der Waals surface area (Å²) in [6.07, 6.45) is 0.900. The van der Waals surface area contributed by atoms with Crippen LogP contribution in [-0.2, 0) is 16.6 Å². The van der Waals surface area contributed by atoms with Crippen LogP contribution in [0.15, 0.2) is 42.5 Å². The summed E-state index contributed by atoms with van der Waals surface area (Å²) >= 11 is 0. The van der Waals surface area contributed by atoms with Gasteiger partial charge in [-0.15, -0.1) is 0 Å². The van der Waals surface area contributed by atoms with Crippen LogP contribution in [0.5, 0.6) is 11.5 Å². The van der Waals surface area contributed by atoms with Gasteiger partial charge in [-0.1, -0.05) is 26.0 Å². The molecule has 1 N–H and O–H groups in total. The molecule has 1 fully saturated rings. The molecule has 0 aliphatic carbocycles. The first-order valence-corrected chi connectivity index (χ1v) is 11.6. The first-order chi connectivity index (χ1) is 16.3. The van der Waals surface area contributed by atoms with Crippen LogP contribution < -0.4 is 19.7 Å². The summed E-state index contributed by atoms with van der Waals surface area (Å²) in [5.74, 6) is 1.65. The monoisotopic (exact) mass is 464 g/mol. The minimum atomic E-state index is -0.455. The van der Waals surface area contributed by atoms with E-state index in [-0.39, 0.29) is 24.3 Å². The van der Waals surface area contributed by atoms with Crippen LogP contribution in [0.25, 0.3) is 11.0 Å². The van der Waals surface area contributed by atoms with E-state index in [2.05, 4.69) is 19.2 Å². The van der Waals surface area contributed by atoms with Crippen LogP contribution in [-0.4, -0.2) is 42.1 Å². The molecule has 2 heterocycles.